The number of rotatable bonds is 5. The lowest BCUT2D eigenvalue weighted by Gasteiger charge is -2.22. The van der Waals surface area contributed by atoms with Crippen molar-refractivity contribution in [1.82, 2.24) is 9.97 Å². The molecule has 0 aliphatic heterocycles. The van der Waals surface area contributed by atoms with Gasteiger partial charge in [-0.15, -0.1) is 0 Å². The van der Waals surface area contributed by atoms with Crippen molar-refractivity contribution in [1.29, 1.82) is 0 Å². The van der Waals surface area contributed by atoms with Crippen molar-refractivity contribution in [3.8, 4) is 0 Å². The molecule has 1 aromatic heterocycles. The zero-order chi connectivity index (χ0) is 11.3. The van der Waals surface area contributed by atoms with Gasteiger partial charge < -0.3 is 11.1 Å². The van der Waals surface area contributed by atoms with Gasteiger partial charge >= 0.3 is 0 Å². The number of nitrogens with two attached hydrogens (primary N) is 1. The van der Waals surface area contributed by atoms with Crippen LogP contribution in [0.3, 0.4) is 0 Å². The summed E-state index contributed by atoms with van der Waals surface area (Å²) in [6, 6.07) is 2.25. The molecule has 0 spiro atoms. The molecule has 1 unspecified atom stereocenters. The second kappa shape index (κ2) is 5.53. The second-order valence-corrected chi connectivity index (χ2v) is 3.81. The molecule has 15 heavy (non-hydrogen) atoms. The highest BCUT2D eigenvalue weighted by Gasteiger charge is 2.13. The van der Waals surface area contributed by atoms with E-state index >= 15 is 0 Å². The Morgan fingerprint density at radius 2 is 2.07 bits per heavy atom. The first-order valence-electron chi connectivity index (χ1n) is 5.52. The molecule has 1 rings (SSSR count). The summed E-state index contributed by atoms with van der Waals surface area (Å²) in [5.74, 6) is 1.79. The van der Waals surface area contributed by atoms with Crippen LogP contribution in [0.15, 0.2) is 12.3 Å². The standard InChI is InChI=1S/C11H20N4/c1-4-9(5-2)8(3)14-10-6-7-13-11(12)15-10/h6-9H,4-5H2,1-3H3,(H3,12,13,14,15). The lowest BCUT2D eigenvalue weighted by molar-refractivity contribution is 0.437. The zero-order valence-corrected chi connectivity index (χ0v) is 9.70. The van der Waals surface area contributed by atoms with Crippen molar-refractivity contribution in [3.05, 3.63) is 12.3 Å². The van der Waals surface area contributed by atoms with Crippen LogP contribution in [0.1, 0.15) is 33.6 Å². The van der Waals surface area contributed by atoms with E-state index in [0.29, 0.717) is 17.9 Å². The maximum absolute atomic E-state index is 5.51. The van der Waals surface area contributed by atoms with Gasteiger partial charge in [0.2, 0.25) is 5.95 Å². The molecule has 3 N–H and O–H groups in total. The van der Waals surface area contributed by atoms with Gasteiger partial charge in [0.05, 0.1) is 0 Å². The predicted molar refractivity (Wildman–Crippen MR) is 63.6 cm³/mol. The van der Waals surface area contributed by atoms with Crippen LogP contribution in [0.25, 0.3) is 0 Å². The van der Waals surface area contributed by atoms with Crippen LogP contribution in [0.5, 0.6) is 0 Å². The van der Waals surface area contributed by atoms with Crippen molar-refractivity contribution in [2.45, 2.75) is 39.7 Å². The van der Waals surface area contributed by atoms with Gasteiger partial charge in [0, 0.05) is 12.2 Å². The van der Waals surface area contributed by atoms with E-state index in [9.17, 15) is 0 Å². The van der Waals surface area contributed by atoms with Crippen LogP contribution in [-0.4, -0.2) is 16.0 Å². The van der Waals surface area contributed by atoms with Crippen molar-refractivity contribution < 1.29 is 0 Å². The summed E-state index contributed by atoms with van der Waals surface area (Å²) in [5.41, 5.74) is 5.51. The summed E-state index contributed by atoms with van der Waals surface area (Å²) in [4.78, 5) is 7.98. The van der Waals surface area contributed by atoms with Crippen LogP contribution in [0.2, 0.25) is 0 Å². The van der Waals surface area contributed by atoms with E-state index in [2.05, 4.69) is 36.1 Å². The van der Waals surface area contributed by atoms with Crippen LogP contribution >= 0.6 is 0 Å². The van der Waals surface area contributed by atoms with Gasteiger partial charge in [0.15, 0.2) is 0 Å². The lowest BCUT2D eigenvalue weighted by Crippen LogP contribution is -2.25. The third-order valence-corrected chi connectivity index (χ3v) is 2.81. The van der Waals surface area contributed by atoms with Crippen molar-refractivity contribution in [3.63, 3.8) is 0 Å². The molecule has 4 nitrogen and oxygen atoms in total. The Bertz CT molecular complexity index is 296. The average Bonchev–Trinajstić information content (AvgIpc) is 2.19. The van der Waals surface area contributed by atoms with Gasteiger partial charge in [-0.25, -0.2) is 4.98 Å². The Kier molecular flexibility index (Phi) is 4.34. The van der Waals surface area contributed by atoms with E-state index < -0.39 is 0 Å². The number of nitrogens with one attached hydrogen (secondary N) is 1. The minimum absolute atomic E-state index is 0.316. The topological polar surface area (TPSA) is 63.8 Å². The molecule has 0 aromatic carbocycles. The molecule has 0 saturated carbocycles. The molecule has 0 radical (unpaired) electrons. The fraction of sp³-hybridized carbons (Fsp3) is 0.636. The Labute approximate surface area is 91.3 Å². The maximum atomic E-state index is 5.51. The van der Waals surface area contributed by atoms with Gasteiger partial charge in [-0.05, 0) is 18.9 Å². The first kappa shape index (κ1) is 11.8. The molecule has 84 valence electrons. The summed E-state index contributed by atoms with van der Waals surface area (Å²) in [7, 11) is 0. The molecule has 0 amide bonds. The monoisotopic (exact) mass is 208 g/mol. The summed E-state index contributed by atoms with van der Waals surface area (Å²) in [5, 5.41) is 3.35. The van der Waals surface area contributed by atoms with E-state index in [-0.39, 0.29) is 0 Å². The van der Waals surface area contributed by atoms with Gasteiger partial charge in [0.1, 0.15) is 5.82 Å². The van der Waals surface area contributed by atoms with Crippen molar-refractivity contribution in [2.24, 2.45) is 5.92 Å². The normalized spacial score (nSPS) is 12.8. The number of anilines is 2. The van der Waals surface area contributed by atoms with Gasteiger partial charge in [-0.1, -0.05) is 26.7 Å². The van der Waals surface area contributed by atoms with Crippen molar-refractivity contribution in [2.75, 3.05) is 11.1 Å². The number of nitrogen functional groups attached to an aromatic ring is 1. The van der Waals surface area contributed by atoms with E-state index in [1.807, 2.05) is 6.07 Å². The molecule has 0 aliphatic carbocycles. The Hall–Kier alpha value is -1.32. The SMILES string of the molecule is CCC(CC)C(C)Nc1ccnc(N)n1. The molecular formula is C11H20N4. The summed E-state index contributed by atoms with van der Waals surface area (Å²) >= 11 is 0. The number of aromatic nitrogens is 2. The van der Waals surface area contributed by atoms with Crippen LogP contribution in [0, 0.1) is 5.92 Å². The molecule has 0 aliphatic rings. The van der Waals surface area contributed by atoms with Crippen LogP contribution in [0.4, 0.5) is 11.8 Å². The van der Waals surface area contributed by atoms with E-state index in [1.165, 1.54) is 12.8 Å². The predicted octanol–water partition coefficient (Wildman–Crippen LogP) is 2.30. The zero-order valence-electron chi connectivity index (χ0n) is 9.70. The van der Waals surface area contributed by atoms with Crippen LogP contribution < -0.4 is 11.1 Å². The first-order chi connectivity index (χ1) is 7.17. The highest BCUT2D eigenvalue weighted by Crippen LogP contribution is 2.16. The highest BCUT2D eigenvalue weighted by molar-refractivity contribution is 5.38. The second-order valence-electron chi connectivity index (χ2n) is 3.81. The smallest absolute Gasteiger partial charge is 0.221 e. The first-order valence-corrected chi connectivity index (χ1v) is 5.52. The van der Waals surface area contributed by atoms with Crippen LogP contribution in [-0.2, 0) is 0 Å². The quantitative estimate of drug-likeness (QED) is 0.779. The molecule has 0 bridgehead atoms. The van der Waals surface area contributed by atoms with Gasteiger partial charge in [0.25, 0.3) is 0 Å². The minimum atomic E-state index is 0.316. The molecule has 1 atom stereocenters. The van der Waals surface area contributed by atoms with E-state index in [1.54, 1.807) is 6.20 Å². The number of hydrogen-bond donors (Lipinski definition) is 2. The molecule has 1 heterocycles. The van der Waals surface area contributed by atoms with E-state index in [4.69, 9.17) is 5.73 Å². The highest BCUT2D eigenvalue weighted by atomic mass is 15.1. The molecule has 4 heteroatoms. The van der Waals surface area contributed by atoms with E-state index in [0.717, 1.165) is 5.82 Å². The van der Waals surface area contributed by atoms with Crippen molar-refractivity contribution >= 4 is 11.8 Å². The third kappa shape index (κ3) is 3.38. The number of nitrogens with zero attached hydrogens (tertiary/aromatic N) is 2. The van der Waals surface area contributed by atoms with Gasteiger partial charge in [-0.3, -0.25) is 0 Å². The molecule has 1 aromatic rings. The third-order valence-electron chi connectivity index (χ3n) is 2.81. The fourth-order valence-corrected chi connectivity index (χ4v) is 1.80. The lowest BCUT2D eigenvalue weighted by atomic mass is 9.95. The Morgan fingerprint density at radius 3 is 2.60 bits per heavy atom. The Morgan fingerprint density at radius 1 is 1.40 bits per heavy atom. The van der Waals surface area contributed by atoms with Gasteiger partial charge in [-0.2, -0.15) is 4.98 Å². The number of hydrogen-bond acceptors (Lipinski definition) is 4. The summed E-state index contributed by atoms with van der Waals surface area (Å²) in [6.07, 6.45) is 4.01. The molecule has 0 fully saturated rings. The average molecular weight is 208 g/mol. The molecular weight excluding hydrogens is 188 g/mol. The fourth-order valence-electron chi connectivity index (χ4n) is 1.80. The summed E-state index contributed by atoms with van der Waals surface area (Å²) in [6.45, 7) is 6.59. The molecule has 0 saturated heterocycles. The summed E-state index contributed by atoms with van der Waals surface area (Å²) < 4.78 is 0. The Balaban J connectivity index is 2.61. The maximum Gasteiger partial charge on any atom is 0.221 e. The minimum Gasteiger partial charge on any atom is -0.368 e. The largest absolute Gasteiger partial charge is 0.368 e.